The van der Waals surface area contributed by atoms with Gasteiger partial charge in [0.05, 0.1) is 34.8 Å². The normalized spacial score (nSPS) is 13.8. The highest BCUT2D eigenvalue weighted by molar-refractivity contribution is 7.92. The number of nitrogens with two attached hydrogens (primary N) is 3. The predicted molar refractivity (Wildman–Crippen MR) is 382 cm³/mol. The molecule has 26 heteroatoms. The third-order valence-electron chi connectivity index (χ3n) is 16.6. The largest absolute Gasteiger partial charge is 0.457 e. The zero-order valence-electron chi connectivity index (χ0n) is 54.4. The van der Waals surface area contributed by atoms with Gasteiger partial charge in [-0.25, -0.2) is 52.4 Å². The van der Waals surface area contributed by atoms with E-state index in [-0.39, 0.29) is 23.9 Å². The van der Waals surface area contributed by atoms with Gasteiger partial charge in [-0.05, 0) is 161 Å². The first kappa shape index (κ1) is 66.8. The maximum Gasteiger partial charge on any atom is 0.246 e. The topological polar surface area (TPSA) is 323 Å². The standard InChI is InChI=1S/C26H26N6O2.C25H26N6O3S.C22H20N6O2/c1-2-6-22(33)31-15-13-19(14-16-31)32-26-23(25(27)28-17-29-26)24(30-32)18-9-11-21(12-10-18)34-20-7-4-3-5-8-20;1-2-16-35(32,33)30-14-12-19(13-15-30)31-25-22(24(26)27-17-28-25)23(29-31)18-8-10-21(11-9-18)34-20-6-4-3-5-7-20;1-2-18(29)24-12-13-28-22-19(21(23)25-14-26-22)20(27-28)15-8-10-17(11-9-15)30-16-6-4-3-5-7-16/h2-12,17,19H,13-16H2,1H3,(H2,27,28,29);2-11,16-17,19H,12-15H2,1H3,(H2,26,27,28);2-11,14H,1,12-13H2,(H,24,29)(H2,23,25,26)/b6-2+;16-2+;. The minimum atomic E-state index is -3.39. The summed E-state index contributed by atoms with van der Waals surface area (Å²) in [5.41, 5.74) is 25.4. The predicted octanol–water partition coefficient (Wildman–Crippen LogP) is 12.1. The molecule has 0 saturated carbocycles. The minimum absolute atomic E-state index is 0.00158. The van der Waals surface area contributed by atoms with Crippen LogP contribution in [-0.2, 0) is 26.2 Å². The van der Waals surface area contributed by atoms with E-state index in [1.54, 1.807) is 29.8 Å². The summed E-state index contributed by atoms with van der Waals surface area (Å²) >= 11 is 0. The maximum atomic E-state index is 12.4. The lowest BCUT2D eigenvalue weighted by Crippen LogP contribution is -2.38. The number of nitrogens with one attached hydrogen (secondary N) is 1. The fourth-order valence-corrected chi connectivity index (χ4v) is 13.0. The van der Waals surface area contributed by atoms with Gasteiger partial charge in [0.2, 0.25) is 21.8 Å². The molecule has 2 amide bonds. The number of hydrogen-bond acceptors (Lipinski definition) is 19. The van der Waals surface area contributed by atoms with Crippen molar-refractivity contribution in [2.24, 2.45) is 0 Å². The molecule has 2 fully saturated rings. The van der Waals surface area contributed by atoms with Crippen LogP contribution in [-0.4, -0.2) is 121 Å². The molecule has 14 rings (SSSR count). The third-order valence-corrected chi connectivity index (χ3v) is 18.3. The molecule has 0 bridgehead atoms. The van der Waals surface area contributed by atoms with Crippen LogP contribution in [0.25, 0.3) is 66.9 Å². The second-order valence-electron chi connectivity index (χ2n) is 23.0. The van der Waals surface area contributed by atoms with E-state index in [0.717, 1.165) is 63.6 Å². The number of allylic oxidation sites excluding steroid dienone is 2. The second kappa shape index (κ2) is 30.7. The Morgan fingerprint density at radius 1 is 0.505 bits per heavy atom. The molecular formula is C73H72N18O7S. The van der Waals surface area contributed by atoms with E-state index in [2.05, 4.69) is 46.9 Å². The third kappa shape index (κ3) is 15.6. The lowest BCUT2D eigenvalue weighted by molar-refractivity contribution is -0.127. The number of piperidine rings is 2. The van der Waals surface area contributed by atoms with Gasteiger partial charge in [0.15, 0.2) is 16.9 Å². The highest BCUT2D eigenvalue weighted by Gasteiger charge is 2.31. The van der Waals surface area contributed by atoms with Crippen LogP contribution in [0.2, 0.25) is 0 Å². The van der Waals surface area contributed by atoms with Crippen LogP contribution in [0.15, 0.2) is 219 Å². The number of likely N-dealkylation sites (tertiary alicyclic amines) is 1. The maximum absolute atomic E-state index is 12.4. The van der Waals surface area contributed by atoms with Crippen LogP contribution in [0.3, 0.4) is 0 Å². The summed E-state index contributed by atoms with van der Waals surface area (Å²) < 4.78 is 49.5. The first-order valence-electron chi connectivity index (χ1n) is 32.1. The van der Waals surface area contributed by atoms with Crippen molar-refractivity contribution >= 4 is 72.4 Å². The van der Waals surface area contributed by atoms with Crippen LogP contribution in [0.1, 0.15) is 51.6 Å². The Hall–Kier alpha value is -12.2. The van der Waals surface area contributed by atoms with Gasteiger partial charge in [0.25, 0.3) is 0 Å². The van der Waals surface area contributed by atoms with E-state index >= 15 is 0 Å². The molecule has 12 aromatic rings. The number of nitrogen functional groups attached to an aromatic ring is 3. The van der Waals surface area contributed by atoms with E-state index in [1.807, 2.05) is 185 Å². The zero-order chi connectivity index (χ0) is 68.8. The van der Waals surface area contributed by atoms with Gasteiger partial charge in [-0.1, -0.05) is 73.3 Å². The number of carbonyl (C=O) groups is 2. The van der Waals surface area contributed by atoms with Crippen molar-refractivity contribution in [2.75, 3.05) is 49.9 Å². The smallest absolute Gasteiger partial charge is 0.246 e. The van der Waals surface area contributed by atoms with E-state index in [4.69, 9.17) is 41.6 Å². The van der Waals surface area contributed by atoms with Gasteiger partial charge < -0.3 is 41.6 Å². The van der Waals surface area contributed by atoms with E-state index in [9.17, 15) is 18.0 Å². The quantitative estimate of drug-likeness (QED) is 0.0580. The molecule has 6 aromatic heterocycles. The Balaban J connectivity index is 0.000000141. The number of rotatable bonds is 18. The molecule has 0 atom stereocenters. The van der Waals surface area contributed by atoms with Crippen molar-refractivity contribution in [3.8, 4) is 68.3 Å². The number of carbonyl (C=O) groups excluding carboxylic acids is 2. The molecule has 7 N–H and O–H groups in total. The SMILES string of the molecule is C/C=C/C(=O)N1CCC(n2nc(-c3ccc(Oc4ccccc4)cc3)c3c(N)ncnc32)CC1.C/C=C/S(=O)(=O)N1CCC(n2nc(-c3ccc(Oc4ccccc4)cc3)c3c(N)ncnc32)CC1.C=CC(=O)NCCn1nc(-c2ccc(Oc3ccccc3)cc2)c2c(N)ncnc21. The van der Waals surface area contributed by atoms with Crippen molar-refractivity contribution < 1.29 is 32.2 Å². The van der Waals surface area contributed by atoms with E-state index in [0.29, 0.717) is 120 Å². The van der Waals surface area contributed by atoms with Crippen molar-refractivity contribution in [1.82, 2.24) is 73.8 Å². The fraction of sp³-hybridized carbons (Fsp3) is 0.192. The van der Waals surface area contributed by atoms with Crippen molar-refractivity contribution in [2.45, 2.75) is 58.2 Å². The minimum Gasteiger partial charge on any atom is -0.457 e. The average molecular weight is 1350 g/mol. The Bertz CT molecular complexity index is 4960. The number of aromatic nitrogens is 12. The number of amides is 2. The number of sulfonamides is 1. The van der Waals surface area contributed by atoms with E-state index in [1.165, 1.54) is 34.8 Å². The Labute approximate surface area is 571 Å². The van der Waals surface area contributed by atoms with Crippen LogP contribution < -0.4 is 36.7 Å². The highest BCUT2D eigenvalue weighted by atomic mass is 32.2. The molecular weight excluding hydrogens is 1270 g/mol. The van der Waals surface area contributed by atoms with Gasteiger partial charge in [0.1, 0.15) is 88.0 Å². The molecule has 2 saturated heterocycles. The lowest BCUT2D eigenvalue weighted by atomic mass is 10.1. The summed E-state index contributed by atoms with van der Waals surface area (Å²) in [5.74, 6) is 5.38. The van der Waals surface area contributed by atoms with E-state index < -0.39 is 10.0 Å². The lowest BCUT2D eigenvalue weighted by Gasteiger charge is -2.31. The van der Waals surface area contributed by atoms with Crippen LogP contribution in [0.4, 0.5) is 17.5 Å². The van der Waals surface area contributed by atoms with Gasteiger partial charge in [0, 0.05) is 54.8 Å². The van der Waals surface area contributed by atoms with Crippen LogP contribution >= 0.6 is 0 Å². The summed E-state index contributed by atoms with van der Waals surface area (Å²) in [6, 6.07) is 51.9. The molecule has 25 nitrogen and oxygen atoms in total. The Morgan fingerprint density at radius 3 is 1.27 bits per heavy atom. The second-order valence-corrected chi connectivity index (χ2v) is 24.9. The molecule has 0 radical (unpaired) electrons. The molecule has 6 aromatic carbocycles. The first-order chi connectivity index (χ1) is 48.2. The number of hydrogen-bond donors (Lipinski definition) is 4. The molecule has 0 aliphatic carbocycles. The highest BCUT2D eigenvalue weighted by Crippen LogP contribution is 2.39. The number of nitrogens with zero attached hydrogens (tertiary/aromatic N) is 14. The summed E-state index contributed by atoms with van der Waals surface area (Å²) in [4.78, 5) is 51.3. The molecule has 502 valence electrons. The fourth-order valence-electron chi connectivity index (χ4n) is 11.7. The van der Waals surface area contributed by atoms with Crippen molar-refractivity contribution in [1.29, 1.82) is 0 Å². The zero-order valence-corrected chi connectivity index (χ0v) is 55.2. The van der Waals surface area contributed by atoms with Crippen LogP contribution in [0, 0.1) is 0 Å². The summed E-state index contributed by atoms with van der Waals surface area (Å²) in [7, 11) is -3.39. The number of fused-ring (bicyclic) bond motifs is 3. The van der Waals surface area contributed by atoms with Gasteiger partial charge in [-0.2, -0.15) is 19.6 Å². The molecule has 0 spiro atoms. The molecule has 8 heterocycles. The Kier molecular flexibility index (Phi) is 20.7. The summed E-state index contributed by atoms with van der Waals surface area (Å²) in [6.07, 6.45) is 13.3. The monoisotopic (exact) mass is 1340 g/mol. The number of anilines is 3. The Morgan fingerprint density at radius 2 is 0.879 bits per heavy atom. The molecule has 0 unspecified atom stereocenters. The van der Waals surface area contributed by atoms with Crippen molar-refractivity contribution in [3.63, 3.8) is 0 Å². The number of ether oxygens (including phenoxy) is 3. The molecule has 2 aliphatic heterocycles. The van der Waals surface area contributed by atoms with Crippen molar-refractivity contribution in [3.05, 3.63) is 219 Å². The van der Waals surface area contributed by atoms with Gasteiger partial charge >= 0.3 is 0 Å². The van der Waals surface area contributed by atoms with Gasteiger partial charge in [-0.3, -0.25) is 9.59 Å². The van der Waals surface area contributed by atoms with Gasteiger partial charge in [-0.15, -0.1) is 0 Å². The average Bonchev–Trinajstić information content (AvgIpc) is 1.63. The molecule has 99 heavy (non-hydrogen) atoms. The van der Waals surface area contributed by atoms with Crippen LogP contribution in [0.5, 0.6) is 34.5 Å². The molecule has 2 aliphatic rings. The summed E-state index contributed by atoms with van der Waals surface area (Å²) in [5, 5.41) is 20.6. The number of benzene rings is 6. The number of para-hydroxylation sites is 3. The first-order valence-corrected chi connectivity index (χ1v) is 33.6. The summed E-state index contributed by atoms with van der Waals surface area (Å²) in [6.45, 7) is 10.0.